The second kappa shape index (κ2) is 8.64. The molecule has 0 fully saturated rings. The van der Waals surface area contributed by atoms with Crippen LogP contribution in [-0.4, -0.2) is 24.2 Å². The number of amides is 1. The highest BCUT2D eigenvalue weighted by Gasteiger charge is 1.97. The molecule has 0 heterocycles. The van der Waals surface area contributed by atoms with Gasteiger partial charge in [0.25, 0.3) is 0 Å². The predicted octanol–water partition coefficient (Wildman–Crippen LogP) is 2.39. The summed E-state index contributed by atoms with van der Waals surface area (Å²) in [5.74, 6) is 0.559. The molecule has 22 heavy (non-hydrogen) atoms. The fraction of sp³-hybridized carbons (Fsp3) is 0.167. The van der Waals surface area contributed by atoms with Crippen molar-refractivity contribution in [2.24, 2.45) is 0 Å². The third-order valence-electron chi connectivity index (χ3n) is 2.97. The van der Waals surface area contributed by atoms with E-state index in [9.17, 15) is 4.79 Å². The Labute approximate surface area is 130 Å². The topological polar surface area (TPSA) is 58.6 Å². The summed E-state index contributed by atoms with van der Waals surface area (Å²) in [7, 11) is 0. The zero-order valence-electron chi connectivity index (χ0n) is 12.2. The number of aliphatic hydroxyl groups is 1. The van der Waals surface area contributed by atoms with Gasteiger partial charge < -0.3 is 15.2 Å². The molecule has 2 rings (SSSR count). The third-order valence-corrected chi connectivity index (χ3v) is 2.97. The van der Waals surface area contributed by atoms with Gasteiger partial charge in [0.2, 0.25) is 5.91 Å². The number of hydrogen-bond acceptors (Lipinski definition) is 3. The van der Waals surface area contributed by atoms with Crippen molar-refractivity contribution in [2.75, 3.05) is 13.2 Å². The summed E-state index contributed by atoms with van der Waals surface area (Å²) < 4.78 is 5.69. The van der Waals surface area contributed by atoms with Gasteiger partial charge in [0.1, 0.15) is 12.4 Å². The molecule has 2 aromatic carbocycles. The van der Waals surface area contributed by atoms with Crippen LogP contribution in [0.3, 0.4) is 0 Å². The molecule has 2 N–H and O–H groups in total. The molecular weight excluding hydrogens is 278 g/mol. The first-order valence-electron chi connectivity index (χ1n) is 7.11. The van der Waals surface area contributed by atoms with Gasteiger partial charge in [-0.1, -0.05) is 42.5 Å². The summed E-state index contributed by atoms with van der Waals surface area (Å²) in [5.41, 5.74) is 2.03. The molecule has 4 heteroatoms. The van der Waals surface area contributed by atoms with Crippen molar-refractivity contribution in [1.29, 1.82) is 0 Å². The van der Waals surface area contributed by atoms with Crippen LogP contribution < -0.4 is 10.1 Å². The maximum absolute atomic E-state index is 11.4. The van der Waals surface area contributed by atoms with E-state index in [0.717, 1.165) is 16.9 Å². The van der Waals surface area contributed by atoms with Crippen molar-refractivity contribution >= 4 is 12.0 Å². The van der Waals surface area contributed by atoms with Crippen LogP contribution in [0.1, 0.15) is 11.1 Å². The summed E-state index contributed by atoms with van der Waals surface area (Å²) in [6.45, 7) is 0.724. The summed E-state index contributed by atoms with van der Waals surface area (Å²) in [6.07, 6.45) is 3.16. The average molecular weight is 297 g/mol. The van der Waals surface area contributed by atoms with E-state index in [2.05, 4.69) is 5.32 Å². The minimum atomic E-state index is -0.224. The van der Waals surface area contributed by atoms with Crippen LogP contribution in [0.2, 0.25) is 0 Å². The van der Waals surface area contributed by atoms with Gasteiger partial charge >= 0.3 is 0 Å². The van der Waals surface area contributed by atoms with Crippen molar-refractivity contribution in [3.63, 3.8) is 0 Å². The van der Waals surface area contributed by atoms with Crippen LogP contribution in [0, 0.1) is 0 Å². The number of rotatable bonds is 7. The highest BCUT2D eigenvalue weighted by molar-refractivity contribution is 5.91. The Kier molecular flexibility index (Phi) is 6.20. The van der Waals surface area contributed by atoms with E-state index in [1.807, 2.05) is 54.6 Å². The molecule has 0 spiro atoms. The van der Waals surface area contributed by atoms with E-state index in [1.54, 1.807) is 6.08 Å². The van der Waals surface area contributed by atoms with Crippen molar-refractivity contribution in [1.82, 2.24) is 5.32 Å². The monoisotopic (exact) mass is 297 g/mol. The van der Waals surface area contributed by atoms with E-state index in [4.69, 9.17) is 9.84 Å². The third kappa shape index (κ3) is 5.42. The lowest BCUT2D eigenvalue weighted by molar-refractivity contribution is -0.116. The van der Waals surface area contributed by atoms with Gasteiger partial charge in [-0.25, -0.2) is 0 Å². The average Bonchev–Trinajstić information content (AvgIpc) is 2.58. The largest absolute Gasteiger partial charge is 0.489 e. The molecule has 0 aliphatic rings. The lowest BCUT2D eigenvalue weighted by Gasteiger charge is -2.06. The Balaban J connectivity index is 1.85. The molecule has 4 nitrogen and oxygen atoms in total. The molecule has 0 bridgehead atoms. The summed E-state index contributed by atoms with van der Waals surface area (Å²) in [6, 6.07) is 17.5. The molecule has 0 atom stereocenters. The van der Waals surface area contributed by atoms with Crippen LogP contribution in [0.5, 0.6) is 5.75 Å². The Morgan fingerprint density at radius 3 is 2.50 bits per heavy atom. The van der Waals surface area contributed by atoms with Gasteiger partial charge in [-0.3, -0.25) is 4.79 Å². The standard InChI is InChI=1S/C18H19NO3/c20-13-12-19-18(21)11-8-15-6-9-17(10-7-15)22-14-16-4-2-1-3-5-16/h1-11,20H,12-14H2,(H,19,21)/b11-8+. The lowest BCUT2D eigenvalue weighted by atomic mass is 10.2. The molecule has 0 aliphatic heterocycles. The van der Waals surface area contributed by atoms with Crippen LogP contribution in [-0.2, 0) is 11.4 Å². The number of nitrogens with one attached hydrogen (secondary N) is 1. The summed E-state index contributed by atoms with van der Waals surface area (Å²) in [5, 5.41) is 11.2. The highest BCUT2D eigenvalue weighted by atomic mass is 16.5. The van der Waals surface area contributed by atoms with Crippen molar-refractivity contribution in [3.05, 3.63) is 71.8 Å². The van der Waals surface area contributed by atoms with Crippen LogP contribution in [0.4, 0.5) is 0 Å². The first-order chi connectivity index (χ1) is 10.8. The maximum atomic E-state index is 11.4. The van der Waals surface area contributed by atoms with Crippen molar-refractivity contribution in [3.8, 4) is 5.75 Å². The predicted molar refractivity (Wildman–Crippen MR) is 86.3 cm³/mol. The number of carbonyl (C=O) groups excluding carboxylic acids is 1. The van der Waals surface area contributed by atoms with Crippen molar-refractivity contribution in [2.45, 2.75) is 6.61 Å². The van der Waals surface area contributed by atoms with E-state index < -0.39 is 0 Å². The minimum absolute atomic E-state index is 0.0625. The zero-order valence-corrected chi connectivity index (χ0v) is 12.2. The van der Waals surface area contributed by atoms with E-state index in [0.29, 0.717) is 6.61 Å². The SMILES string of the molecule is O=C(/C=C/c1ccc(OCc2ccccc2)cc1)NCCO. The smallest absolute Gasteiger partial charge is 0.244 e. The number of hydrogen-bond donors (Lipinski definition) is 2. The normalized spacial score (nSPS) is 10.6. The Morgan fingerprint density at radius 1 is 1.09 bits per heavy atom. The molecular formula is C18H19NO3. The van der Waals surface area contributed by atoms with Crippen LogP contribution >= 0.6 is 0 Å². The molecule has 0 aromatic heterocycles. The number of carbonyl (C=O) groups is 1. The molecule has 0 saturated carbocycles. The fourth-order valence-corrected chi connectivity index (χ4v) is 1.83. The number of benzene rings is 2. The van der Waals surface area contributed by atoms with E-state index in [1.165, 1.54) is 6.08 Å². The number of ether oxygens (including phenoxy) is 1. The summed E-state index contributed by atoms with van der Waals surface area (Å²) >= 11 is 0. The molecule has 1 amide bonds. The first-order valence-corrected chi connectivity index (χ1v) is 7.11. The maximum Gasteiger partial charge on any atom is 0.244 e. The van der Waals surface area contributed by atoms with Crippen molar-refractivity contribution < 1.29 is 14.6 Å². The van der Waals surface area contributed by atoms with Crippen LogP contribution in [0.15, 0.2) is 60.7 Å². The molecule has 114 valence electrons. The summed E-state index contributed by atoms with van der Waals surface area (Å²) in [4.78, 5) is 11.4. The number of aliphatic hydroxyl groups excluding tert-OH is 1. The quantitative estimate of drug-likeness (QED) is 0.772. The van der Waals surface area contributed by atoms with Gasteiger partial charge in [-0.2, -0.15) is 0 Å². The van der Waals surface area contributed by atoms with Gasteiger partial charge in [-0.05, 0) is 29.3 Å². The van der Waals surface area contributed by atoms with E-state index in [-0.39, 0.29) is 19.1 Å². The van der Waals surface area contributed by atoms with Gasteiger partial charge in [0, 0.05) is 12.6 Å². The van der Waals surface area contributed by atoms with Gasteiger partial charge in [0.05, 0.1) is 6.61 Å². The molecule has 0 aliphatic carbocycles. The fourth-order valence-electron chi connectivity index (χ4n) is 1.83. The molecule has 0 saturated heterocycles. The highest BCUT2D eigenvalue weighted by Crippen LogP contribution is 2.15. The minimum Gasteiger partial charge on any atom is -0.489 e. The van der Waals surface area contributed by atoms with Crippen LogP contribution in [0.25, 0.3) is 6.08 Å². The van der Waals surface area contributed by atoms with Gasteiger partial charge in [-0.15, -0.1) is 0 Å². The second-order valence-electron chi connectivity index (χ2n) is 4.69. The first kappa shape index (κ1) is 15.8. The zero-order chi connectivity index (χ0) is 15.6. The molecule has 0 unspecified atom stereocenters. The van der Waals surface area contributed by atoms with Gasteiger partial charge in [0.15, 0.2) is 0 Å². The molecule has 2 aromatic rings. The Hall–Kier alpha value is -2.59. The molecule has 0 radical (unpaired) electrons. The Bertz CT molecular complexity index is 606. The van der Waals surface area contributed by atoms with E-state index >= 15 is 0 Å². The Morgan fingerprint density at radius 2 is 1.82 bits per heavy atom. The lowest BCUT2D eigenvalue weighted by Crippen LogP contribution is -2.24. The second-order valence-corrected chi connectivity index (χ2v) is 4.69.